The predicted octanol–water partition coefficient (Wildman–Crippen LogP) is 3.86. The van der Waals surface area contributed by atoms with Gasteiger partial charge in [-0.3, -0.25) is 0 Å². The highest BCUT2D eigenvalue weighted by atomic mass is 79.9. The zero-order chi connectivity index (χ0) is 15.3. The second-order valence-corrected chi connectivity index (χ2v) is 5.49. The van der Waals surface area contributed by atoms with Crippen molar-refractivity contribution in [1.29, 1.82) is 0 Å². The van der Waals surface area contributed by atoms with Crippen LogP contribution >= 0.6 is 15.9 Å². The van der Waals surface area contributed by atoms with Crippen molar-refractivity contribution in [2.75, 3.05) is 14.1 Å². The van der Waals surface area contributed by atoms with Gasteiger partial charge in [0.1, 0.15) is 22.4 Å². The van der Waals surface area contributed by atoms with Gasteiger partial charge < -0.3 is 10.0 Å². The van der Waals surface area contributed by atoms with E-state index in [4.69, 9.17) is 0 Å². The van der Waals surface area contributed by atoms with Crippen LogP contribution in [0.5, 0.6) is 0 Å². The van der Waals surface area contributed by atoms with Gasteiger partial charge in [0.2, 0.25) is 0 Å². The molecule has 3 nitrogen and oxygen atoms in total. The lowest BCUT2D eigenvalue weighted by molar-refractivity contribution is 0.232. The van der Waals surface area contributed by atoms with Crippen LogP contribution in [-0.2, 0) is 0 Å². The molecular weight excluding hydrogens is 323 g/mol. The fourth-order valence-corrected chi connectivity index (χ4v) is 2.00. The Balaban J connectivity index is 3.14. The van der Waals surface area contributed by atoms with Gasteiger partial charge in [-0.2, -0.15) is 0 Å². The molecule has 0 aromatic heterocycles. The van der Waals surface area contributed by atoms with E-state index < -0.39 is 6.10 Å². The van der Waals surface area contributed by atoms with Gasteiger partial charge in [-0.1, -0.05) is 19.1 Å². The summed E-state index contributed by atoms with van der Waals surface area (Å²) in [5.41, 5.74) is 1.70. The minimum Gasteiger partial charge on any atom is -0.380 e. The first-order valence-electron chi connectivity index (χ1n) is 6.41. The third-order valence-corrected chi connectivity index (χ3v) is 3.84. The SMILES string of the molecule is CC/C(C)=C(Br)\N=C(\C(O)c1ccc(F)cc1)N(C)C. The highest BCUT2D eigenvalue weighted by Gasteiger charge is 2.18. The molecular formula is C15H20BrFN2O. The van der Waals surface area contributed by atoms with Crippen LogP contribution in [0.4, 0.5) is 4.39 Å². The van der Waals surface area contributed by atoms with Gasteiger partial charge in [0.05, 0.1) is 0 Å². The molecule has 0 saturated carbocycles. The molecule has 0 saturated heterocycles. The average molecular weight is 343 g/mol. The Morgan fingerprint density at radius 3 is 2.35 bits per heavy atom. The molecule has 20 heavy (non-hydrogen) atoms. The number of amidine groups is 1. The molecule has 1 aromatic carbocycles. The van der Waals surface area contributed by atoms with E-state index in [-0.39, 0.29) is 5.82 Å². The first-order chi connectivity index (χ1) is 9.36. The van der Waals surface area contributed by atoms with Crippen LogP contribution < -0.4 is 0 Å². The molecule has 0 amide bonds. The van der Waals surface area contributed by atoms with Gasteiger partial charge in [0.15, 0.2) is 0 Å². The molecule has 5 heteroatoms. The predicted molar refractivity (Wildman–Crippen MR) is 84.4 cm³/mol. The molecule has 1 atom stereocenters. The molecule has 1 unspecified atom stereocenters. The third kappa shape index (κ3) is 4.42. The fraction of sp³-hybridized carbons (Fsp3) is 0.400. The van der Waals surface area contributed by atoms with E-state index in [0.717, 1.165) is 12.0 Å². The van der Waals surface area contributed by atoms with Gasteiger partial charge in [-0.05, 0) is 52.5 Å². The Hall–Kier alpha value is -1.20. The molecule has 1 rings (SSSR count). The standard InChI is InChI=1S/C15H20BrFN2O/c1-5-10(2)14(16)18-15(19(3)4)13(20)11-6-8-12(17)9-7-11/h6-9,13,20H,5H2,1-4H3/b14-10-,18-15-. The van der Waals surface area contributed by atoms with Crippen LogP contribution in [0.25, 0.3) is 0 Å². The number of aliphatic imine (C=N–C) groups is 1. The summed E-state index contributed by atoms with van der Waals surface area (Å²) >= 11 is 3.42. The lowest BCUT2D eigenvalue weighted by Gasteiger charge is -2.21. The van der Waals surface area contributed by atoms with E-state index in [9.17, 15) is 9.50 Å². The van der Waals surface area contributed by atoms with E-state index in [2.05, 4.69) is 20.9 Å². The van der Waals surface area contributed by atoms with Gasteiger partial charge in [-0.15, -0.1) is 0 Å². The van der Waals surface area contributed by atoms with Crippen LogP contribution in [0.15, 0.2) is 39.4 Å². The van der Waals surface area contributed by atoms with E-state index in [1.165, 1.54) is 12.1 Å². The van der Waals surface area contributed by atoms with Crippen molar-refractivity contribution in [2.45, 2.75) is 26.4 Å². The number of benzene rings is 1. The summed E-state index contributed by atoms with van der Waals surface area (Å²) in [5, 5.41) is 10.4. The maximum Gasteiger partial charge on any atom is 0.139 e. The summed E-state index contributed by atoms with van der Waals surface area (Å²) in [6, 6.07) is 5.77. The lowest BCUT2D eigenvalue weighted by atomic mass is 10.1. The molecule has 0 bridgehead atoms. The summed E-state index contributed by atoms with van der Waals surface area (Å²) in [6.07, 6.45) is -0.0277. The minimum absolute atomic E-state index is 0.327. The molecule has 0 fully saturated rings. The van der Waals surface area contributed by atoms with Gasteiger partial charge in [0.25, 0.3) is 0 Å². The second kappa shape index (κ2) is 7.55. The van der Waals surface area contributed by atoms with E-state index in [1.54, 1.807) is 17.0 Å². The Kier molecular flexibility index (Phi) is 6.36. The summed E-state index contributed by atoms with van der Waals surface area (Å²) < 4.78 is 13.6. The van der Waals surface area contributed by atoms with Crippen LogP contribution in [0.1, 0.15) is 31.9 Å². The zero-order valence-corrected chi connectivity index (χ0v) is 13.8. The number of hydrogen-bond acceptors (Lipinski definition) is 2. The largest absolute Gasteiger partial charge is 0.380 e. The molecule has 0 aliphatic carbocycles. The molecule has 0 radical (unpaired) electrons. The van der Waals surface area contributed by atoms with Crippen molar-refractivity contribution in [1.82, 2.24) is 4.90 Å². The van der Waals surface area contributed by atoms with Crippen molar-refractivity contribution >= 4 is 21.8 Å². The molecule has 1 N–H and O–H groups in total. The number of likely N-dealkylation sites (N-methyl/N-ethyl adjacent to an activating group) is 1. The molecule has 110 valence electrons. The van der Waals surface area contributed by atoms with Crippen molar-refractivity contribution in [3.63, 3.8) is 0 Å². The first kappa shape index (κ1) is 16.9. The summed E-state index contributed by atoms with van der Waals surface area (Å²) in [5.74, 6) is 0.170. The zero-order valence-electron chi connectivity index (χ0n) is 12.2. The van der Waals surface area contributed by atoms with Crippen LogP contribution in [0, 0.1) is 5.82 Å². The normalized spacial score (nSPS) is 14.8. The average Bonchev–Trinajstić information content (AvgIpc) is 2.43. The minimum atomic E-state index is -0.900. The van der Waals surface area contributed by atoms with E-state index in [1.807, 2.05) is 27.9 Å². The van der Waals surface area contributed by atoms with E-state index in [0.29, 0.717) is 16.0 Å². The monoisotopic (exact) mass is 342 g/mol. The number of rotatable bonds is 4. The Labute approximate surface area is 128 Å². The highest BCUT2D eigenvalue weighted by molar-refractivity contribution is 9.11. The first-order valence-corrected chi connectivity index (χ1v) is 7.20. The summed E-state index contributed by atoms with van der Waals surface area (Å²) in [4.78, 5) is 6.19. The van der Waals surface area contributed by atoms with E-state index >= 15 is 0 Å². The fourth-order valence-electron chi connectivity index (χ4n) is 1.54. The highest BCUT2D eigenvalue weighted by Crippen LogP contribution is 2.22. The number of allylic oxidation sites excluding steroid dienone is 1. The number of aliphatic hydroxyl groups is 1. The smallest absolute Gasteiger partial charge is 0.139 e. The Morgan fingerprint density at radius 1 is 1.35 bits per heavy atom. The molecule has 0 aliphatic heterocycles. The maximum atomic E-state index is 12.9. The third-order valence-electron chi connectivity index (χ3n) is 2.98. The van der Waals surface area contributed by atoms with Crippen molar-refractivity contribution < 1.29 is 9.50 Å². The van der Waals surface area contributed by atoms with Gasteiger partial charge >= 0.3 is 0 Å². The molecule has 1 aromatic rings. The Bertz CT molecular complexity index is 509. The van der Waals surface area contributed by atoms with Crippen molar-refractivity contribution in [2.24, 2.45) is 4.99 Å². The number of nitrogens with zero attached hydrogens (tertiary/aromatic N) is 2. The number of halogens is 2. The molecule has 0 spiro atoms. The van der Waals surface area contributed by atoms with Crippen LogP contribution in [-0.4, -0.2) is 29.9 Å². The Morgan fingerprint density at radius 2 is 1.90 bits per heavy atom. The quantitative estimate of drug-likeness (QED) is 0.512. The lowest BCUT2D eigenvalue weighted by Crippen LogP contribution is -2.28. The number of hydrogen-bond donors (Lipinski definition) is 1. The van der Waals surface area contributed by atoms with Crippen LogP contribution in [0.3, 0.4) is 0 Å². The molecule has 0 aliphatic rings. The van der Waals surface area contributed by atoms with Crippen molar-refractivity contribution in [3.8, 4) is 0 Å². The maximum absolute atomic E-state index is 12.9. The summed E-state index contributed by atoms with van der Waals surface area (Å²) in [7, 11) is 3.63. The summed E-state index contributed by atoms with van der Waals surface area (Å²) in [6.45, 7) is 4.02. The topological polar surface area (TPSA) is 35.8 Å². The second-order valence-electron chi connectivity index (χ2n) is 4.74. The van der Waals surface area contributed by atoms with Gasteiger partial charge in [0, 0.05) is 14.1 Å². The van der Waals surface area contributed by atoms with Gasteiger partial charge in [-0.25, -0.2) is 9.38 Å². The van der Waals surface area contributed by atoms with Crippen LogP contribution in [0.2, 0.25) is 0 Å². The van der Waals surface area contributed by atoms with Crippen molar-refractivity contribution in [3.05, 3.63) is 45.8 Å². The molecule has 0 heterocycles. The number of aliphatic hydroxyl groups excluding tert-OH is 1.